The fraction of sp³-hybridized carbons (Fsp3) is 0.0392. The van der Waals surface area contributed by atoms with Crippen LogP contribution in [0.5, 0.6) is 0 Å². The van der Waals surface area contributed by atoms with Crippen LogP contribution in [0.2, 0.25) is 0 Å². The van der Waals surface area contributed by atoms with E-state index in [0.717, 1.165) is 55.6 Å². The molecule has 0 aliphatic rings. The molecule has 0 radical (unpaired) electrons. The third-order valence-electron chi connectivity index (χ3n) is 10.4. The Morgan fingerprint density at radius 1 is 0.426 bits per heavy atom. The Morgan fingerprint density at radius 3 is 1.50 bits per heavy atom. The molecule has 2 heterocycles. The third-order valence-corrected chi connectivity index (χ3v) is 10.4. The lowest BCUT2D eigenvalue weighted by atomic mass is 9.79. The molecule has 0 unspecified atom stereocenters. The molecule has 8 aromatic carbocycles. The molecule has 0 fully saturated rings. The molecule has 0 aliphatic heterocycles. The van der Waals surface area contributed by atoms with E-state index in [2.05, 4.69) is 115 Å². The summed E-state index contributed by atoms with van der Waals surface area (Å²) in [6.45, 7) is -4.87. The average Bonchev–Trinajstić information content (AvgIpc) is 3.81. The standard InChI is InChI=1S/C51H37N3/c1-34-18-15-30-44-49(34)52-51-53(50-35(2)19-16-31-45(50)54(44)51)41-29-17-28-40(32-41)48-46(38-24-11-5-12-25-38)42(36-20-7-3-8-21-36)33-43(37-22-9-4-10-23-37)47(48)39-26-13-6-14-27-39/h3-33H,1-2H3/i1D3,2D3. The average molecular weight is 698 g/mol. The van der Waals surface area contributed by atoms with Gasteiger partial charge in [0.2, 0.25) is 5.78 Å². The van der Waals surface area contributed by atoms with Crippen LogP contribution in [-0.4, -0.2) is 14.0 Å². The topological polar surface area (TPSA) is 22.2 Å². The third kappa shape index (κ3) is 5.08. The number of aromatic nitrogens is 3. The van der Waals surface area contributed by atoms with Gasteiger partial charge in [0.25, 0.3) is 0 Å². The predicted molar refractivity (Wildman–Crippen MR) is 226 cm³/mol. The maximum atomic E-state index is 8.67. The molecular formula is C51H37N3. The smallest absolute Gasteiger partial charge is 0.220 e. The van der Waals surface area contributed by atoms with Gasteiger partial charge in [-0.25, -0.2) is 4.98 Å². The van der Waals surface area contributed by atoms with Crippen LogP contribution in [-0.2, 0) is 0 Å². The monoisotopic (exact) mass is 697 g/mol. The van der Waals surface area contributed by atoms with Crippen LogP contribution in [0.4, 0.5) is 0 Å². The van der Waals surface area contributed by atoms with Gasteiger partial charge in [0, 0.05) is 13.9 Å². The van der Waals surface area contributed by atoms with Gasteiger partial charge in [-0.3, -0.25) is 8.97 Å². The fourth-order valence-corrected chi connectivity index (χ4v) is 8.04. The second kappa shape index (κ2) is 12.9. The van der Waals surface area contributed by atoms with E-state index >= 15 is 0 Å². The van der Waals surface area contributed by atoms with E-state index in [1.807, 2.05) is 57.5 Å². The second-order valence-corrected chi connectivity index (χ2v) is 13.5. The highest BCUT2D eigenvalue weighted by Crippen LogP contribution is 2.50. The van der Waals surface area contributed by atoms with Gasteiger partial charge >= 0.3 is 0 Å². The van der Waals surface area contributed by atoms with Crippen LogP contribution >= 0.6 is 0 Å². The van der Waals surface area contributed by atoms with Crippen molar-refractivity contribution in [1.82, 2.24) is 14.0 Å². The molecule has 0 saturated heterocycles. The summed E-state index contributed by atoms with van der Waals surface area (Å²) in [5.74, 6) is 0.417. The maximum Gasteiger partial charge on any atom is 0.220 e. The molecule has 3 nitrogen and oxygen atoms in total. The number of fused-ring (bicyclic) bond motifs is 5. The summed E-state index contributed by atoms with van der Waals surface area (Å²) in [5.41, 5.74) is 13.4. The molecular weight excluding hydrogens is 655 g/mol. The molecule has 0 N–H and O–H groups in total. The number of aryl methyl sites for hydroxylation is 2. The Balaban J connectivity index is 1.37. The lowest BCUT2D eigenvalue weighted by Crippen LogP contribution is -2.00. The molecule has 0 spiro atoms. The normalized spacial score (nSPS) is 13.6. The Labute approximate surface area is 323 Å². The highest BCUT2D eigenvalue weighted by molar-refractivity contribution is 6.07. The molecule has 0 amide bonds. The summed E-state index contributed by atoms with van der Waals surface area (Å²) in [7, 11) is 0. The Bertz CT molecular complexity index is 3100. The van der Waals surface area contributed by atoms with Crippen LogP contribution in [0.3, 0.4) is 0 Å². The van der Waals surface area contributed by atoms with Crippen molar-refractivity contribution in [2.24, 2.45) is 0 Å². The maximum absolute atomic E-state index is 8.67. The summed E-state index contributed by atoms with van der Waals surface area (Å²) in [5, 5.41) is 0. The van der Waals surface area contributed by atoms with Crippen LogP contribution in [0.1, 0.15) is 19.4 Å². The van der Waals surface area contributed by atoms with Crippen LogP contribution in [0, 0.1) is 13.7 Å². The number of benzene rings is 8. The van der Waals surface area contributed by atoms with Crippen molar-refractivity contribution in [1.29, 1.82) is 0 Å². The van der Waals surface area contributed by atoms with Crippen molar-refractivity contribution in [2.75, 3.05) is 0 Å². The van der Waals surface area contributed by atoms with Crippen molar-refractivity contribution >= 4 is 27.8 Å². The summed E-state index contributed by atoms with van der Waals surface area (Å²) in [6, 6.07) is 62.7. The summed E-state index contributed by atoms with van der Waals surface area (Å²) in [6.07, 6.45) is 0. The van der Waals surface area contributed by atoms with Crippen LogP contribution in [0.25, 0.3) is 89.2 Å². The van der Waals surface area contributed by atoms with Gasteiger partial charge in [-0.05, 0) is 111 Å². The van der Waals surface area contributed by atoms with Gasteiger partial charge in [-0.1, -0.05) is 158 Å². The van der Waals surface area contributed by atoms with Crippen molar-refractivity contribution in [2.45, 2.75) is 13.7 Å². The SMILES string of the molecule is [2H]C([2H])([2H])c1cccc2c1nc1n(-c3cccc(-c4c(-c5ccccc5)c(-c5ccccc5)cc(-c5ccccc5)c4-c4ccccc4)c3)c3c(C([2H])([2H])[2H])cccc3n21. The Morgan fingerprint density at radius 2 is 0.926 bits per heavy atom. The van der Waals surface area contributed by atoms with Crippen LogP contribution < -0.4 is 0 Å². The minimum atomic E-state index is -2.46. The molecule has 0 aliphatic carbocycles. The molecule has 3 heteroatoms. The molecule has 0 saturated carbocycles. The minimum absolute atomic E-state index is 0.135. The van der Waals surface area contributed by atoms with Crippen LogP contribution in [0.15, 0.2) is 188 Å². The van der Waals surface area contributed by atoms with Crippen molar-refractivity contribution in [3.05, 3.63) is 199 Å². The van der Waals surface area contributed by atoms with Gasteiger partial charge in [-0.2, -0.15) is 0 Å². The van der Waals surface area contributed by atoms with E-state index in [0.29, 0.717) is 33.5 Å². The lowest BCUT2D eigenvalue weighted by molar-refractivity contribution is 1.10. The van der Waals surface area contributed by atoms with E-state index in [-0.39, 0.29) is 11.1 Å². The van der Waals surface area contributed by atoms with E-state index in [4.69, 9.17) is 13.2 Å². The quantitative estimate of drug-likeness (QED) is 0.170. The molecule has 0 atom stereocenters. The second-order valence-electron chi connectivity index (χ2n) is 13.5. The molecule has 10 rings (SSSR count). The van der Waals surface area contributed by atoms with Crippen molar-refractivity contribution in [3.63, 3.8) is 0 Å². The van der Waals surface area contributed by atoms with Gasteiger partial charge in [-0.15, -0.1) is 0 Å². The lowest BCUT2D eigenvalue weighted by Gasteiger charge is -2.25. The molecule has 0 bridgehead atoms. The minimum Gasteiger partial charge on any atom is -0.278 e. The molecule has 10 aromatic rings. The Kier molecular flexibility index (Phi) is 6.19. The van der Waals surface area contributed by atoms with Gasteiger partial charge in [0.1, 0.15) is 0 Å². The first kappa shape index (κ1) is 25.9. The summed E-state index contributed by atoms with van der Waals surface area (Å²) >= 11 is 0. The fourth-order valence-electron chi connectivity index (χ4n) is 8.04. The number of rotatable bonds is 6. The highest BCUT2D eigenvalue weighted by Gasteiger charge is 2.25. The summed E-state index contributed by atoms with van der Waals surface area (Å²) in [4.78, 5) is 5.04. The first-order valence-electron chi connectivity index (χ1n) is 21.1. The zero-order valence-corrected chi connectivity index (χ0v) is 29.2. The summed E-state index contributed by atoms with van der Waals surface area (Å²) < 4.78 is 54.8. The van der Waals surface area contributed by atoms with Gasteiger partial charge in [0.15, 0.2) is 0 Å². The molecule has 54 heavy (non-hydrogen) atoms. The molecule has 256 valence electrons. The highest BCUT2D eigenvalue weighted by atomic mass is 15.2. The molecule has 2 aromatic heterocycles. The van der Waals surface area contributed by atoms with Crippen molar-refractivity contribution in [3.8, 4) is 61.3 Å². The zero-order chi connectivity index (χ0) is 41.2. The van der Waals surface area contributed by atoms with Gasteiger partial charge in [0.05, 0.1) is 22.1 Å². The van der Waals surface area contributed by atoms with E-state index < -0.39 is 13.7 Å². The zero-order valence-electron chi connectivity index (χ0n) is 35.2. The predicted octanol–water partition coefficient (Wildman–Crippen LogP) is 13.4. The number of hydrogen-bond donors (Lipinski definition) is 0. The number of nitrogens with zero attached hydrogens (tertiary/aromatic N) is 3. The first-order chi connectivity index (χ1) is 29.1. The Hall–Kier alpha value is -6.97. The largest absolute Gasteiger partial charge is 0.278 e. The van der Waals surface area contributed by atoms with Crippen molar-refractivity contribution < 1.29 is 8.22 Å². The van der Waals surface area contributed by atoms with E-state index in [1.165, 1.54) is 0 Å². The van der Waals surface area contributed by atoms with Gasteiger partial charge < -0.3 is 0 Å². The number of hydrogen-bond acceptors (Lipinski definition) is 1. The number of imidazole rings is 2. The van der Waals surface area contributed by atoms with E-state index in [1.54, 1.807) is 24.3 Å². The number of para-hydroxylation sites is 2. The first-order valence-corrected chi connectivity index (χ1v) is 18.1. The van der Waals surface area contributed by atoms with E-state index in [9.17, 15) is 0 Å².